The molecule has 170 valence electrons. The summed E-state index contributed by atoms with van der Waals surface area (Å²) in [5.41, 5.74) is 1.16. The summed E-state index contributed by atoms with van der Waals surface area (Å²) in [5.74, 6) is 0.466. The Morgan fingerprint density at radius 1 is 1.16 bits per heavy atom. The molecule has 2 saturated carbocycles. The first-order valence-corrected chi connectivity index (χ1v) is 12.1. The summed E-state index contributed by atoms with van der Waals surface area (Å²) in [4.78, 5) is 27.5. The summed E-state index contributed by atoms with van der Waals surface area (Å²) in [6.07, 6.45) is 5.57. The number of hydrogen-bond acceptors (Lipinski definition) is 4. The van der Waals surface area contributed by atoms with Crippen molar-refractivity contribution in [1.29, 1.82) is 0 Å². The van der Waals surface area contributed by atoms with E-state index in [1.807, 2.05) is 16.7 Å². The number of carbonyl (C=O) groups excluding carboxylic acids is 1. The highest BCUT2D eigenvalue weighted by Gasteiger charge is 2.46. The number of pyridine rings is 1. The van der Waals surface area contributed by atoms with Crippen molar-refractivity contribution in [2.45, 2.75) is 95.3 Å². The normalized spacial score (nSPS) is 38.3. The highest BCUT2D eigenvalue weighted by molar-refractivity contribution is 5.82. The van der Waals surface area contributed by atoms with Gasteiger partial charge in [-0.3, -0.25) is 14.5 Å². The second kappa shape index (κ2) is 8.66. The van der Waals surface area contributed by atoms with E-state index >= 15 is 0 Å². The van der Waals surface area contributed by atoms with Gasteiger partial charge in [-0.25, -0.2) is 4.39 Å². The van der Waals surface area contributed by atoms with Crippen LogP contribution in [0.15, 0.2) is 23.0 Å². The van der Waals surface area contributed by atoms with Crippen molar-refractivity contribution < 1.29 is 9.18 Å². The van der Waals surface area contributed by atoms with Gasteiger partial charge in [0.05, 0.1) is 6.04 Å². The first kappa shape index (κ1) is 21.1. The zero-order valence-electron chi connectivity index (χ0n) is 18.4. The predicted octanol–water partition coefficient (Wildman–Crippen LogP) is 2.21. The third-order valence-electron chi connectivity index (χ3n) is 8.28. The number of halogens is 1. The fraction of sp³-hybridized carbons (Fsp3) is 0.750. The first-order chi connectivity index (χ1) is 15.0. The van der Waals surface area contributed by atoms with Crippen LogP contribution in [0.4, 0.5) is 4.39 Å². The minimum atomic E-state index is -0.778. The van der Waals surface area contributed by atoms with Crippen molar-refractivity contribution >= 4 is 5.91 Å². The molecule has 2 aliphatic carbocycles. The summed E-state index contributed by atoms with van der Waals surface area (Å²) >= 11 is 0. The van der Waals surface area contributed by atoms with E-state index < -0.39 is 6.17 Å². The topological polar surface area (TPSA) is 66.4 Å². The molecule has 0 aromatic carbocycles. The van der Waals surface area contributed by atoms with E-state index in [-0.39, 0.29) is 35.5 Å². The second-order valence-corrected chi connectivity index (χ2v) is 10.2. The van der Waals surface area contributed by atoms with Crippen LogP contribution in [0.1, 0.15) is 57.6 Å². The van der Waals surface area contributed by atoms with E-state index in [0.717, 1.165) is 57.4 Å². The Morgan fingerprint density at radius 3 is 2.87 bits per heavy atom. The van der Waals surface area contributed by atoms with Crippen molar-refractivity contribution in [1.82, 2.24) is 20.1 Å². The monoisotopic (exact) mass is 430 g/mol. The van der Waals surface area contributed by atoms with Crippen molar-refractivity contribution in [3.05, 3.63) is 34.2 Å². The molecular weight excluding hydrogens is 395 g/mol. The van der Waals surface area contributed by atoms with Crippen molar-refractivity contribution in [3.8, 4) is 0 Å². The summed E-state index contributed by atoms with van der Waals surface area (Å²) in [7, 11) is 0. The maximum Gasteiger partial charge on any atom is 0.250 e. The lowest BCUT2D eigenvalue weighted by atomic mass is 9.77. The Balaban J connectivity index is 1.18. The van der Waals surface area contributed by atoms with Gasteiger partial charge in [-0.15, -0.1) is 0 Å². The van der Waals surface area contributed by atoms with Gasteiger partial charge in [0.25, 0.3) is 5.56 Å². The molecule has 2 aliphatic heterocycles. The van der Waals surface area contributed by atoms with Crippen LogP contribution in [-0.4, -0.2) is 52.3 Å². The minimum absolute atomic E-state index is 0.0181. The molecule has 2 N–H and O–H groups in total. The van der Waals surface area contributed by atoms with E-state index in [0.29, 0.717) is 24.8 Å². The van der Waals surface area contributed by atoms with Gasteiger partial charge in [-0.1, -0.05) is 13.0 Å². The largest absolute Gasteiger partial charge is 0.352 e. The molecule has 1 saturated heterocycles. The van der Waals surface area contributed by atoms with E-state index in [1.54, 1.807) is 6.07 Å². The lowest BCUT2D eigenvalue weighted by molar-refractivity contribution is -0.124. The summed E-state index contributed by atoms with van der Waals surface area (Å²) in [6.45, 7) is 4.59. The van der Waals surface area contributed by atoms with E-state index in [1.165, 1.54) is 0 Å². The number of hydrogen-bond donors (Lipinski definition) is 2. The first-order valence-electron chi connectivity index (χ1n) is 12.1. The van der Waals surface area contributed by atoms with E-state index in [2.05, 4.69) is 22.5 Å². The number of fused-ring (bicyclic) bond motifs is 2. The molecule has 3 fully saturated rings. The molecule has 1 amide bonds. The number of nitrogens with one attached hydrogen (secondary N) is 2. The molecule has 6 nitrogen and oxygen atoms in total. The van der Waals surface area contributed by atoms with Crippen molar-refractivity contribution in [3.63, 3.8) is 0 Å². The molecule has 0 spiro atoms. The van der Waals surface area contributed by atoms with E-state index in [9.17, 15) is 14.0 Å². The summed E-state index contributed by atoms with van der Waals surface area (Å²) in [6, 6.07) is 5.99. The van der Waals surface area contributed by atoms with Crippen LogP contribution in [0.2, 0.25) is 0 Å². The predicted molar refractivity (Wildman–Crippen MR) is 117 cm³/mol. The zero-order chi connectivity index (χ0) is 21.5. The molecule has 7 heteroatoms. The lowest BCUT2D eigenvalue weighted by Crippen LogP contribution is -2.52. The Morgan fingerprint density at radius 2 is 2.03 bits per heavy atom. The van der Waals surface area contributed by atoms with Crippen LogP contribution in [0.5, 0.6) is 0 Å². The molecule has 5 unspecified atom stereocenters. The lowest BCUT2D eigenvalue weighted by Gasteiger charge is -2.40. The van der Waals surface area contributed by atoms with Gasteiger partial charge in [-0.05, 0) is 56.9 Å². The average molecular weight is 431 g/mol. The fourth-order valence-electron chi connectivity index (χ4n) is 6.51. The van der Waals surface area contributed by atoms with Gasteiger partial charge in [0.1, 0.15) is 6.17 Å². The van der Waals surface area contributed by atoms with Crippen LogP contribution in [0, 0.1) is 11.8 Å². The molecule has 3 heterocycles. The standard InChI is InChI=1S/C24H35FN4O2/c1-15-8-9-20(25)19-13-21(27-23(15)19)24(31)26-16-4-2-5-17(12-16)28-10-11-29-18(14-28)6-3-7-22(29)30/h3,6-7,15-17,19-21,23,27H,2,4-5,8-14H2,1H3,(H,26,31)/t15?,16-,17-,19?,20?,21?,23?/m1/s1. The SMILES string of the molecule is CC1CCC(F)C2CC(C(=O)N[C@@H]3CCC[C@@H](N4CCn5c(cccc5=O)C4)C3)NC12. The van der Waals surface area contributed by atoms with Crippen molar-refractivity contribution in [2.75, 3.05) is 6.54 Å². The van der Waals surface area contributed by atoms with Crippen LogP contribution in [-0.2, 0) is 17.9 Å². The van der Waals surface area contributed by atoms with Gasteiger partial charge in [0, 0.05) is 55.4 Å². The van der Waals surface area contributed by atoms with Crippen LogP contribution >= 0.6 is 0 Å². The smallest absolute Gasteiger partial charge is 0.250 e. The molecule has 5 rings (SSSR count). The van der Waals surface area contributed by atoms with Gasteiger partial charge in [0.2, 0.25) is 5.91 Å². The Hall–Kier alpha value is -1.73. The number of aromatic nitrogens is 1. The number of rotatable bonds is 3. The van der Waals surface area contributed by atoms with Gasteiger partial charge >= 0.3 is 0 Å². The zero-order valence-corrected chi connectivity index (χ0v) is 18.4. The van der Waals surface area contributed by atoms with Gasteiger partial charge in [-0.2, -0.15) is 0 Å². The summed E-state index contributed by atoms with van der Waals surface area (Å²) < 4.78 is 16.3. The average Bonchev–Trinajstić information content (AvgIpc) is 3.24. The molecule has 7 atom stereocenters. The quantitative estimate of drug-likeness (QED) is 0.772. The Labute approximate surface area is 183 Å². The van der Waals surface area contributed by atoms with Crippen LogP contribution in [0.25, 0.3) is 0 Å². The highest BCUT2D eigenvalue weighted by atomic mass is 19.1. The number of nitrogens with zero attached hydrogens (tertiary/aromatic N) is 2. The molecule has 4 aliphatic rings. The van der Waals surface area contributed by atoms with Gasteiger partial charge < -0.3 is 15.2 Å². The number of carbonyl (C=O) groups is 1. The van der Waals surface area contributed by atoms with Crippen LogP contribution in [0.3, 0.4) is 0 Å². The highest BCUT2D eigenvalue weighted by Crippen LogP contribution is 2.38. The van der Waals surface area contributed by atoms with Crippen molar-refractivity contribution in [2.24, 2.45) is 11.8 Å². The number of alkyl halides is 1. The maximum atomic E-state index is 14.4. The third-order valence-corrected chi connectivity index (χ3v) is 8.28. The maximum absolute atomic E-state index is 14.4. The molecule has 0 bridgehead atoms. The second-order valence-electron chi connectivity index (χ2n) is 10.2. The van der Waals surface area contributed by atoms with E-state index in [4.69, 9.17) is 0 Å². The van der Waals surface area contributed by atoms with Crippen LogP contribution < -0.4 is 16.2 Å². The Bertz CT molecular complexity index is 855. The Kier molecular flexibility index (Phi) is 5.90. The molecule has 1 aromatic rings. The molecular formula is C24H35FN4O2. The molecule has 31 heavy (non-hydrogen) atoms. The fourth-order valence-corrected chi connectivity index (χ4v) is 6.51. The van der Waals surface area contributed by atoms with Gasteiger partial charge in [0.15, 0.2) is 0 Å². The third kappa shape index (κ3) is 4.19. The molecule has 0 radical (unpaired) electrons. The molecule has 1 aromatic heterocycles. The number of amides is 1. The minimum Gasteiger partial charge on any atom is -0.352 e. The summed E-state index contributed by atoms with van der Waals surface area (Å²) in [5, 5.41) is 6.75.